The SMILES string of the molecule is COc1cccc2sc(N(CCC[NH+](C)C)C(=O)c3ccc(C#N)cc3)nc12. The molecule has 1 aromatic heterocycles. The minimum absolute atomic E-state index is 0.115. The van der Waals surface area contributed by atoms with Crippen LogP contribution in [0.15, 0.2) is 42.5 Å². The molecule has 1 heterocycles. The van der Waals surface area contributed by atoms with Crippen molar-refractivity contribution in [2.75, 3.05) is 39.2 Å². The summed E-state index contributed by atoms with van der Waals surface area (Å²) in [6, 6.07) is 14.6. The van der Waals surface area contributed by atoms with Gasteiger partial charge >= 0.3 is 0 Å². The minimum atomic E-state index is -0.115. The number of hydrogen-bond donors (Lipinski definition) is 1. The van der Waals surface area contributed by atoms with Gasteiger partial charge in [0.15, 0.2) is 5.13 Å². The Bertz CT molecular complexity index is 1010. The van der Waals surface area contributed by atoms with Gasteiger partial charge in [0.2, 0.25) is 0 Å². The molecular weight excluding hydrogens is 372 g/mol. The third kappa shape index (κ3) is 4.30. The number of ether oxygens (including phenoxy) is 1. The molecule has 7 heteroatoms. The second-order valence-electron chi connectivity index (χ2n) is 6.76. The summed E-state index contributed by atoms with van der Waals surface area (Å²) in [6.45, 7) is 1.53. The number of anilines is 1. The first-order chi connectivity index (χ1) is 13.5. The predicted octanol–water partition coefficient (Wildman–Crippen LogP) is 2.36. The van der Waals surface area contributed by atoms with E-state index in [-0.39, 0.29) is 5.91 Å². The molecule has 1 N–H and O–H groups in total. The first kappa shape index (κ1) is 19.8. The Morgan fingerprint density at radius 3 is 2.64 bits per heavy atom. The molecule has 0 fully saturated rings. The molecule has 0 unspecified atom stereocenters. The molecular formula is C21H23N4O2S+. The molecule has 144 valence electrons. The normalized spacial score (nSPS) is 10.8. The maximum atomic E-state index is 13.2. The van der Waals surface area contributed by atoms with Crippen molar-refractivity contribution in [1.82, 2.24) is 4.98 Å². The Hall–Kier alpha value is -2.95. The van der Waals surface area contributed by atoms with E-state index in [1.165, 1.54) is 16.2 Å². The average molecular weight is 396 g/mol. The third-order valence-corrected chi connectivity index (χ3v) is 5.43. The van der Waals surface area contributed by atoms with Crippen LogP contribution >= 0.6 is 11.3 Å². The van der Waals surface area contributed by atoms with Gasteiger partial charge in [0, 0.05) is 18.5 Å². The van der Waals surface area contributed by atoms with Gasteiger partial charge in [0.25, 0.3) is 5.91 Å². The molecule has 0 bridgehead atoms. The van der Waals surface area contributed by atoms with Crippen LogP contribution in [0.1, 0.15) is 22.3 Å². The van der Waals surface area contributed by atoms with E-state index < -0.39 is 0 Å². The summed E-state index contributed by atoms with van der Waals surface area (Å²) in [5.74, 6) is 0.583. The van der Waals surface area contributed by atoms with E-state index in [1.54, 1.807) is 36.3 Å². The van der Waals surface area contributed by atoms with Crippen molar-refractivity contribution in [3.05, 3.63) is 53.6 Å². The van der Waals surface area contributed by atoms with Crippen molar-refractivity contribution < 1.29 is 14.4 Å². The molecule has 3 rings (SSSR count). The number of aromatic nitrogens is 1. The Balaban J connectivity index is 1.96. The van der Waals surface area contributed by atoms with Crippen LogP contribution in [-0.2, 0) is 0 Å². The summed E-state index contributed by atoms with van der Waals surface area (Å²) in [6.07, 6.45) is 0.859. The lowest BCUT2D eigenvalue weighted by Crippen LogP contribution is -3.05. The first-order valence-electron chi connectivity index (χ1n) is 9.08. The number of nitriles is 1. The number of para-hydroxylation sites is 1. The van der Waals surface area contributed by atoms with Gasteiger partial charge in [-0.15, -0.1) is 0 Å². The fourth-order valence-corrected chi connectivity index (χ4v) is 3.92. The maximum absolute atomic E-state index is 13.2. The zero-order chi connectivity index (χ0) is 20.1. The quantitative estimate of drug-likeness (QED) is 0.667. The van der Waals surface area contributed by atoms with Crippen LogP contribution in [0.25, 0.3) is 10.2 Å². The van der Waals surface area contributed by atoms with Gasteiger partial charge in [-0.25, -0.2) is 4.98 Å². The van der Waals surface area contributed by atoms with Crippen LogP contribution in [-0.4, -0.2) is 45.2 Å². The maximum Gasteiger partial charge on any atom is 0.260 e. The molecule has 0 spiro atoms. The predicted molar refractivity (Wildman–Crippen MR) is 111 cm³/mol. The van der Waals surface area contributed by atoms with Crippen LogP contribution in [0, 0.1) is 11.3 Å². The number of nitrogens with zero attached hydrogens (tertiary/aromatic N) is 3. The van der Waals surface area contributed by atoms with Crippen LogP contribution in [0.2, 0.25) is 0 Å². The number of hydrogen-bond acceptors (Lipinski definition) is 5. The first-order valence-corrected chi connectivity index (χ1v) is 9.89. The summed E-state index contributed by atoms with van der Waals surface area (Å²) in [5, 5.41) is 9.64. The van der Waals surface area contributed by atoms with Crippen LogP contribution < -0.4 is 14.5 Å². The molecule has 0 aliphatic rings. The molecule has 28 heavy (non-hydrogen) atoms. The average Bonchev–Trinajstić information content (AvgIpc) is 3.14. The van der Waals surface area contributed by atoms with Crippen LogP contribution in [0.5, 0.6) is 5.75 Å². The lowest BCUT2D eigenvalue weighted by molar-refractivity contribution is -0.858. The molecule has 0 aliphatic carbocycles. The molecule has 2 aromatic carbocycles. The number of nitrogens with one attached hydrogen (secondary N) is 1. The second kappa shape index (κ2) is 8.83. The largest absolute Gasteiger partial charge is 0.494 e. The van der Waals surface area contributed by atoms with Crippen molar-refractivity contribution in [3.63, 3.8) is 0 Å². The molecule has 0 aliphatic heterocycles. The summed E-state index contributed by atoms with van der Waals surface area (Å²) in [4.78, 5) is 21.0. The topological polar surface area (TPSA) is 70.7 Å². The Kier molecular flexibility index (Phi) is 6.24. The number of methoxy groups -OCH3 is 1. The van der Waals surface area contributed by atoms with Crippen molar-refractivity contribution in [2.24, 2.45) is 0 Å². The van der Waals surface area contributed by atoms with Crippen molar-refractivity contribution in [3.8, 4) is 11.8 Å². The highest BCUT2D eigenvalue weighted by Gasteiger charge is 2.22. The minimum Gasteiger partial charge on any atom is -0.494 e. The monoisotopic (exact) mass is 395 g/mol. The van der Waals surface area contributed by atoms with Gasteiger partial charge in [0.1, 0.15) is 11.3 Å². The Labute approximate surface area is 168 Å². The molecule has 0 saturated carbocycles. The summed E-state index contributed by atoms with van der Waals surface area (Å²) < 4.78 is 6.39. The second-order valence-corrected chi connectivity index (χ2v) is 7.77. The van der Waals surface area contributed by atoms with E-state index in [4.69, 9.17) is 15.0 Å². The van der Waals surface area contributed by atoms with Crippen molar-refractivity contribution in [1.29, 1.82) is 5.26 Å². The number of fused-ring (bicyclic) bond motifs is 1. The van der Waals surface area contributed by atoms with Crippen LogP contribution in [0.4, 0.5) is 5.13 Å². The molecule has 0 saturated heterocycles. The fourth-order valence-electron chi connectivity index (χ4n) is 2.91. The Morgan fingerprint density at radius 2 is 2.00 bits per heavy atom. The van der Waals surface area contributed by atoms with Gasteiger partial charge < -0.3 is 9.64 Å². The lowest BCUT2D eigenvalue weighted by atomic mass is 10.1. The fraction of sp³-hybridized carbons (Fsp3) is 0.286. The highest BCUT2D eigenvalue weighted by atomic mass is 32.1. The number of thiazole rings is 1. The highest BCUT2D eigenvalue weighted by molar-refractivity contribution is 7.22. The van der Waals surface area contributed by atoms with E-state index in [0.717, 1.165) is 23.2 Å². The van der Waals surface area contributed by atoms with E-state index in [0.29, 0.717) is 28.6 Å². The number of carbonyl (C=O) groups is 1. The van der Waals surface area contributed by atoms with Gasteiger partial charge in [0.05, 0.1) is 44.1 Å². The zero-order valence-corrected chi connectivity index (χ0v) is 17.0. The van der Waals surface area contributed by atoms with E-state index >= 15 is 0 Å². The summed E-state index contributed by atoms with van der Waals surface area (Å²) >= 11 is 1.48. The molecule has 1 amide bonds. The molecule has 6 nitrogen and oxygen atoms in total. The Morgan fingerprint density at radius 1 is 1.25 bits per heavy atom. The molecule has 3 aromatic rings. The van der Waals surface area contributed by atoms with E-state index in [2.05, 4.69) is 20.2 Å². The third-order valence-electron chi connectivity index (χ3n) is 4.39. The molecule has 0 atom stereocenters. The van der Waals surface area contributed by atoms with Gasteiger partial charge in [-0.1, -0.05) is 17.4 Å². The number of carbonyl (C=O) groups excluding carboxylic acids is 1. The van der Waals surface area contributed by atoms with E-state index in [9.17, 15) is 4.79 Å². The number of benzene rings is 2. The van der Waals surface area contributed by atoms with E-state index in [1.807, 2.05) is 18.2 Å². The standard InChI is InChI=1S/C21H22N4O2S/c1-24(2)12-5-13-25(20(26)16-10-8-15(14-22)9-11-16)21-23-19-17(27-3)6-4-7-18(19)28-21/h4,6-11H,5,12-13H2,1-3H3/p+1. The number of rotatable bonds is 7. The smallest absolute Gasteiger partial charge is 0.260 e. The van der Waals surface area contributed by atoms with Crippen molar-refractivity contribution >= 4 is 32.6 Å². The number of quaternary nitrogens is 1. The lowest BCUT2D eigenvalue weighted by Gasteiger charge is -2.20. The van der Waals surface area contributed by atoms with Crippen LogP contribution in [0.3, 0.4) is 0 Å². The zero-order valence-electron chi connectivity index (χ0n) is 16.2. The van der Waals surface area contributed by atoms with Gasteiger partial charge in [-0.2, -0.15) is 5.26 Å². The molecule has 0 radical (unpaired) electrons. The highest BCUT2D eigenvalue weighted by Crippen LogP contribution is 2.34. The summed E-state index contributed by atoms with van der Waals surface area (Å²) in [7, 11) is 5.80. The number of amides is 1. The van der Waals surface area contributed by atoms with Gasteiger partial charge in [-0.3, -0.25) is 9.69 Å². The van der Waals surface area contributed by atoms with Crippen molar-refractivity contribution in [2.45, 2.75) is 6.42 Å². The van der Waals surface area contributed by atoms with Gasteiger partial charge in [-0.05, 0) is 36.4 Å². The summed E-state index contributed by atoms with van der Waals surface area (Å²) in [5.41, 5.74) is 1.84.